The number of rotatable bonds is 4. The monoisotopic (exact) mass is 426 g/mol. The molecule has 0 saturated carbocycles. The minimum atomic E-state index is -0.374. The number of fused-ring (bicyclic) bond motifs is 1. The lowest BCUT2D eigenvalue weighted by Gasteiger charge is -2.10. The fraction of sp³-hybridized carbons (Fsp3) is 0.188. The van der Waals surface area contributed by atoms with Crippen molar-refractivity contribution >= 4 is 56.0 Å². The highest BCUT2D eigenvalue weighted by Gasteiger charge is 2.19. The number of hydrogen-bond acceptors (Lipinski definition) is 5. The Morgan fingerprint density at radius 2 is 2.21 bits per heavy atom. The number of H-pyrrole nitrogens is 1. The van der Waals surface area contributed by atoms with Crippen molar-refractivity contribution in [3.8, 4) is 0 Å². The van der Waals surface area contributed by atoms with Crippen LogP contribution in [0.1, 0.15) is 28.7 Å². The van der Waals surface area contributed by atoms with E-state index >= 15 is 0 Å². The maximum absolute atomic E-state index is 12.8. The summed E-state index contributed by atoms with van der Waals surface area (Å²) in [6, 6.07) is 5.19. The second kappa shape index (κ2) is 6.74. The van der Waals surface area contributed by atoms with Gasteiger partial charge in [-0.25, -0.2) is 0 Å². The number of carbonyl (C=O) groups is 1. The van der Waals surface area contributed by atoms with Gasteiger partial charge < -0.3 is 9.51 Å². The molecule has 24 heavy (non-hydrogen) atoms. The van der Waals surface area contributed by atoms with Crippen LogP contribution in [0.4, 0.5) is 0 Å². The first-order valence-corrected chi connectivity index (χ1v) is 9.14. The molecular weight excluding hydrogens is 416 g/mol. The number of Topliss-reactive ketones (excluding diaryl/α,β-unsaturated/α-hetero) is 1. The van der Waals surface area contributed by atoms with Crippen LogP contribution in [0.15, 0.2) is 37.0 Å². The first kappa shape index (κ1) is 17.3. The van der Waals surface area contributed by atoms with Gasteiger partial charge in [-0.05, 0) is 41.9 Å². The van der Waals surface area contributed by atoms with Crippen molar-refractivity contribution in [3.63, 3.8) is 0 Å². The van der Waals surface area contributed by atoms with Crippen molar-refractivity contribution in [3.05, 3.63) is 54.9 Å². The van der Waals surface area contributed by atoms with Crippen molar-refractivity contribution in [1.29, 1.82) is 0 Å². The summed E-state index contributed by atoms with van der Waals surface area (Å²) in [5, 5.41) is 5.02. The second-order valence-corrected chi connectivity index (χ2v) is 7.46. The zero-order valence-corrected chi connectivity index (χ0v) is 15.9. The summed E-state index contributed by atoms with van der Waals surface area (Å²) in [4.78, 5) is 28.0. The van der Waals surface area contributed by atoms with Crippen LogP contribution in [0.2, 0.25) is 5.02 Å². The van der Waals surface area contributed by atoms with Gasteiger partial charge in [-0.3, -0.25) is 9.59 Å². The van der Waals surface area contributed by atoms with Crippen molar-refractivity contribution in [2.24, 2.45) is 0 Å². The zero-order valence-electron chi connectivity index (χ0n) is 12.8. The minimum absolute atomic E-state index is 0.104. The number of aromatic nitrogens is 2. The van der Waals surface area contributed by atoms with Crippen LogP contribution in [0, 0.1) is 6.92 Å². The lowest BCUT2D eigenvalue weighted by Crippen LogP contribution is -2.17. The molecule has 2 heterocycles. The van der Waals surface area contributed by atoms with Crippen LogP contribution >= 0.6 is 39.3 Å². The Kier molecular flexibility index (Phi) is 4.85. The van der Waals surface area contributed by atoms with Gasteiger partial charge in [0, 0.05) is 16.3 Å². The quantitative estimate of drug-likeness (QED) is 0.481. The van der Waals surface area contributed by atoms with Gasteiger partial charge in [-0.2, -0.15) is 0 Å². The lowest BCUT2D eigenvalue weighted by molar-refractivity contribution is 0.101. The molecule has 0 saturated heterocycles. The summed E-state index contributed by atoms with van der Waals surface area (Å²) >= 11 is 10.9. The maximum atomic E-state index is 12.8. The molecule has 1 N–H and O–H groups in total. The van der Waals surface area contributed by atoms with E-state index in [4.69, 9.17) is 16.1 Å². The fourth-order valence-electron chi connectivity index (χ4n) is 2.36. The molecule has 0 atom stereocenters. The van der Waals surface area contributed by atoms with Crippen molar-refractivity contribution in [2.75, 3.05) is 0 Å². The van der Waals surface area contributed by atoms with Gasteiger partial charge in [0.15, 0.2) is 5.78 Å². The zero-order chi connectivity index (χ0) is 17.4. The van der Waals surface area contributed by atoms with Gasteiger partial charge >= 0.3 is 0 Å². The second-order valence-electron chi connectivity index (χ2n) is 5.21. The molecule has 0 spiro atoms. The van der Waals surface area contributed by atoms with Gasteiger partial charge in [0.25, 0.3) is 0 Å². The van der Waals surface area contributed by atoms with E-state index in [9.17, 15) is 9.59 Å². The summed E-state index contributed by atoms with van der Waals surface area (Å²) in [6.45, 7) is 3.17. The molecule has 0 unspecified atom stereocenters. The van der Waals surface area contributed by atoms with Crippen molar-refractivity contribution < 1.29 is 9.32 Å². The number of carbonyl (C=O) groups excluding carboxylic acids is 1. The van der Waals surface area contributed by atoms with Crippen molar-refractivity contribution in [2.45, 2.75) is 24.6 Å². The van der Waals surface area contributed by atoms with Gasteiger partial charge in [0.2, 0.25) is 5.43 Å². The summed E-state index contributed by atoms with van der Waals surface area (Å²) in [5.41, 5.74) is 1.03. The topological polar surface area (TPSA) is 76.0 Å². The molecule has 8 heteroatoms. The Labute approximate surface area is 154 Å². The molecule has 3 aromatic rings. The molecule has 0 aliphatic rings. The molecule has 3 rings (SSSR count). The molecule has 5 nitrogen and oxygen atoms in total. The highest BCUT2D eigenvalue weighted by molar-refractivity contribution is 9.10. The summed E-state index contributed by atoms with van der Waals surface area (Å²) in [5.74, 6) is 0.865. The smallest absolute Gasteiger partial charge is 0.202 e. The molecule has 124 valence electrons. The van der Waals surface area contributed by atoms with Gasteiger partial charge in [-0.15, -0.1) is 11.8 Å². The number of benzene rings is 1. The van der Waals surface area contributed by atoms with E-state index in [1.807, 2.05) is 6.07 Å². The van der Waals surface area contributed by atoms with E-state index < -0.39 is 0 Å². The van der Waals surface area contributed by atoms with Crippen LogP contribution < -0.4 is 5.43 Å². The third kappa shape index (κ3) is 3.16. The molecule has 0 fully saturated rings. The SMILES string of the molecule is CC(=O)c1c(SCc2cc(C)on2)[nH]c2c(Br)ccc(Cl)c2c1=O. The largest absolute Gasteiger partial charge is 0.361 e. The maximum Gasteiger partial charge on any atom is 0.202 e. The van der Waals surface area contributed by atoms with Crippen LogP contribution in [0.5, 0.6) is 0 Å². The van der Waals surface area contributed by atoms with Crippen LogP contribution in [0.25, 0.3) is 10.9 Å². The number of aromatic amines is 1. The molecule has 0 aliphatic carbocycles. The predicted octanol–water partition coefficient (Wildman–Crippen LogP) is 4.74. The molecule has 0 amide bonds. The normalized spacial score (nSPS) is 11.2. The standard InChI is InChI=1S/C16H12BrClN2O3S/c1-7-5-9(20-23-7)6-24-16-12(8(2)21)15(22)13-11(18)4-3-10(17)14(13)19-16/h3-5H,6H2,1-2H3,(H,19,22). The third-order valence-corrected chi connectivity index (χ3v) is 5.43. The third-order valence-electron chi connectivity index (χ3n) is 3.42. The Balaban J connectivity index is 2.15. The fourth-order valence-corrected chi connectivity index (χ4v) is 4.02. The number of nitrogens with one attached hydrogen (secondary N) is 1. The van der Waals surface area contributed by atoms with E-state index in [0.29, 0.717) is 36.9 Å². The molecule has 0 radical (unpaired) electrons. The predicted molar refractivity (Wildman–Crippen MR) is 98.1 cm³/mol. The molecule has 2 aromatic heterocycles. The molecular formula is C16H12BrClN2O3S. The molecule has 1 aromatic carbocycles. The van der Waals surface area contributed by atoms with E-state index in [1.54, 1.807) is 19.1 Å². The Morgan fingerprint density at radius 3 is 2.83 bits per heavy atom. The van der Waals surface area contributed by atoms with Gasteiger partial charge in [0.1, 0.15) is 5.76 Å². The van der Waals surface area contributed by atoms with Crippen LogP contribution in [-0.4, -0.2) is 15.9 Å². The van der Waals surface area contributed by atoms with E-state index in [-0.39, 0.29) is 16.8 Å². The number of halogens is 2. The van der Waals surface area contributed by atoms with E-state index in [0.717, 1.165) is 5.69 Å². The van der Waals surface area contributed by atoms with Gasteiger partial charge in [-0.1, -0.05) is 16.8 Å². The van der Waals surface area contributed by atoms with E-state index in [2.05, 4.69) is 26.1 Å². The average molecular weight is 428 g/mol. The number of pyridine rings is 1. The van der Waals surface area contributed by atoms with E-state index in [1.165, 1.54) is 18.7 Å². The minimum Gasteiger partial charge on any atom is -0.361 e. The molecule has 0 aliphatic heterocycles. The summed E-state index contributed by atoms with van der Waals surface area (Å²) in [6.07, 6.45) is 0. The lowest BCUT2D eigenvalue weighted by atomic mass is 10.1. The summed E-state index contributed by atoms with van der Waals surface area (Å²) in [7, 11) is 0. The van der Waals surface area contributed by atoms with Crippen LogP contribution in [0.3, 0.4) is 0 Å². The average Bonchev–Trinajstić information content (AvgIpc) is 2.93. The first-order valence-electron chi connectivity index (χ1n) is 6.98. The number of ketones is 1. The number of nitrogens with zero attached hydrogens (tertiary/aromatic N) is 1. The Hall–Kier alpha value is -1.57. The Morgan fingerprint density at radius 1 is 1.46 bits per heavy atom. The Bertz CT molecular complexity index is 1010. The highest BCUT2D eigenvalue weighted by atomic mass is 79.9. The molecule has 0 bridgehead atoms. The number of hydrogen-bond donors (Lipinski definition) is 1. The highest BCUT2D eigenvalue weighted by Crippen LogP contribution is 2.31. The summed E-state index contributed by atoms with van der Waals surface area (Å²) < 4.78 is 5.73. The first-order chi connectivity index (χ1) is 11.4. The van der Waals surface area contributed by atoms with Crippen LogP contribution in [-0.2, 0) is 5.75 Å². The number of thioether (sulfide) groups is 1. The number of aryl methyl sites for hydroxylation is 1. The van der Waals surface area contributed by atoms with Crippen molar-refractivity contribution in [1.82, 2.24) is 10.1 Å². The van der Waals surface area contributed by atoms with Gasteiger partial charge in [0.05, 0.1) is 32.2 Å².